The van der Waals surface area contributed by atoms with Crippen molar-refractivity contribution in [2.24, 2.45) is 23.2 Å². The van der Waals surface area contributed by atoms with E-state index >= 15 is 0 Å². The largest absolute Gasteiger partial charge is 0.265 e. The van der Waals surface area contributed by atoms with Gasteiger partial charge in [0.1, 0.15) is 0 Å². The average Bonchev–Trinajstić information content (AvgIpc) is 2.38. The molecule has 1 aromatic rings. The number of aromatic nitrogens is 1. The van der Waals surface area contributed by atoms with E-state index in [0.29, 0.717) is 10.2 Å². The van der Waals surface area contributed by atoms with Crippen LogP contribution in [-0.4, -0.2) is 9.81 Å². The Morgan fingerprint density at radius 3 is 2.11 bits per heavy atom. The van der Waals surface area contributed by atoms with Crippen LogP contribution < -0.4 is 0 Å². The van der Waals surface area contributed by atoms with Crippen molar-refractivity contribution in [2.45, 2.75) is 49.8 Å². The van der Waals surface area contributed by atoms with Crippen molar-refractivity contribution in [1.29, 1.82) is 0 Å². The predicted molar refractivity (Wildman–Crippen MR) is 81.3 cm³/mol. The lowest BCUT2D eigenvalue weighted by Crippen LogP contribution is -2.50. The minimum Gasteiger partial charge on any atom is -0.265 e. The summed E-state index contributed by atoms with van der Waals surface area (Å²) in [6, 6.07) is 4.35. The number of rotatable bonds is 3. The van der Waals surface area contributed by atoms with Crippen molar-refractivity contribution in [3.63, 3.8) is 0 Å². The Bertz CT molecular complexity index is 420. The Morgan fingerprint density at radius 2 is 1.58 bits per heavy atom. The van der Waals surface area contributed by atoms with Crippen molar-refractivity contribution in [1.82, 2.24) is 4.98 Å². The van der Waals surface area contributed by atoms with Gasteiger partial charge < -0.3 is 0 Å². The SMILES string of the molecule is BrC(Cc1ccncc1)C12CC3CC(CC(C3)C1)C2. The molecule has 4 aliphatic rings. The molecular weight excluding hydrogens is 298 g/mol. The topological polar surface area (TPSA) is 12.9 Å². The number of hydrogen-bond donors (Lipinski definition) is 0. The van der Waals surface area contributed by atoms with Crippen LogP contribution in [0.5, 0.6) is 0 Å². The molecule has 4 fully saturated rings. The molecule has 1 nitrogen and oxygen atoms in total. The zero-order chi connectivity index (χ0) is 12.9. The molecule has 1 aromatic heterocycles. The second kappa shape index (κ2) is 4.58. The summed E-state index contributed by atoms with van der Waals surface area (Å²) >= 11 is 4.08. The van der Waals surface area contributed by atoms with Crippen LogP contribution in [0.2, 0.25) is 0 Å². The Hall–Kier alpha value is -0.370. The summed E-state index contributed by atoms with van der Waals surface area (Å²) in [6.45, 7) is 0. The molecule has 4 aliphatic carbocycles. The summed E-state index contributed by atoms with van der Waals surface area (Å²) in [4.78, 5) is 4.79. The van der Waals surface area contributed by atoms with E-state index in [0.717, 1.165) is 17.8 Å². The summed E-state index contributed by atoms with van der Waals surface area (Å²) in [7, 11) is 0. The normalized spacial score (nSPS) is 41.4. The molecule has 4 saturated carbocycles. The Morgan fingerprint density at radius 1 is 1.05 bits per heavy atom. The van der Waals surface area contributed by atoms with Crippen molar-refractivity contribution in [3.05, 3.63) is 30.1 Å². The second-order valence-corrected chi connectivity index (χ2v) is 8.41. The molecule has 0 saturated heterocycles. The van der Waals surface area contributed by atoms with Crippen LogP contribution in [0.4, 0.5) is 0 Å². The number of nitrogens with zero attached hydrogens (tertiary/aromatic N) is 1. The Labute approximate surface area is 124 Å². The van der Waals surface area contributed by atoms with Gasteiger partial charge in [-0.15, -0.1) is 0 Å². The molecule has 5 rings (SSSR count). The highest BCUT2D eigenvalue weighted by atomic mass is 79.9. The van der Waals surface area contributed by atoms with Gasteiger partial charge in [-0.25, -0.2) is 0 Å². The lowest BCUT2D eigenvalue weighted by Gasteiger charge is -2.58. The molecule has 0 spiro atoms. The fraction of sp³-hybridized carbons (Fsp3) is 0.706. The molecular formula is C17H22BrN. The molecule has 4 bridgehead atoms. The first-order chi connectivity index (χ1) is 9.23. The highest BCUT2D eigenvalue weighted by molar-refractivity contribution is 9.09. The number of halogens is 1. The summed E-state index contributed by atoms with van der Waals surface area (Å²) in [5.74, 6) is 3.14. The van der Waals surface area contributed by atoms with Gasteiger partial charge >= 0.3 is 0 Å². The van der Waals surface area contributed by atoms with Crippen molar-refractivity contribution >= 4 is 15.9 Å². The molecule has 0 N–H and O–H groups in total. The lowest BCUT2D eigenvalue weighted by atomic mass is 9.48. The van der Waals surface area contributed by atoms with Gasteiger partial charge in [-0.05, 0) is 85.8 Å². The summed E-state index contributed by atoms with van der Waals surface area (Å²) < 4.78 is 0. The maximum atomic E-state index is 4.13. The molecule has 1 atom stereocenters. The molecule has 0 amide bonds. The van der Waals surface area contributed by atoms with E-state index in [-0.39, 0.29) is 0 Å². The van der Waals surface area contributed by atoms with Gasteiger partial charge in [0.05, 0.1) is 0 Å². The van der Waals surface area contributed by atoms with Crippen molar-refractivity contribution < 1.29 is 0 Å². The van der Waals surface area contributed by atoms with Gasteiger partial charge in [0.25, 0.3) is 0 Å². The quantitative estimate of drug-likeness (QED) is 0.742. The van der Waals surface area contributed by atoms with E-state index < -0.39 is 0 Å². The highest BCUT2D eigenvalue weighted by Gasteiger charge is 2.53. The van der Waals surface area contributed by atoms with E-state index in [1.807, 2.05) is 12.4 Å². The molecule has 19 heavy (non-hydrogen) atoms. The lowest BCUT2D eigenvalue weighted by molar-refractivity contribution is -0.0522. The highest BCUT2D eigenvalue weighted by Crippen LogP contribution is 2.62. The van der Waals surface area contributed by atoms with Crippen LogP contribution in [0.1, 0.15) is 44.1 Å². The van der Waals surface area contributed by atoms with E-state index in [9.17, 15) is 0 Å². The predicted octanol–water partition coefficient (Wildman–Crippen LogP) is 4.60. The van der Waals surface area contributed by atoms with Gasteiger partial charge in [-0.2, -0.15) is 0 Å². The first-order valence-electron chi connectivity index (χ1n) is 7.76. The smallest absolute Gasteiger partial charge is 0.0270 e. The van der Waals surface area contributed by atoms with E-state index in [1.54, 1.807) is 0 Å². The number of hydrogen-bond acceptors (Lipinski definition) is 1. The van der Waals surface area contributed by atoms with Gasteiger partial charge in [0.15, 0.2) is 0 Å². The molecule has 1 unspecified atom stereocenters. The average molecular weight is 320 g/mol. The Balaban J connectivity index is 1.55. The van der Waals surface area contributed by atoms with E-state index in [4.69, 9.17) is 0 Å². The third kappa shape index (κ3) is 2.16. The molecule has 0 aromatic carbocycles. The summed E-state index contributed by atoms with van der Waals surface area (Å²) in [6.07, 6.45) is 14.1. The molecule has 1 heterocycles. The van der Waals surface area contributed by atoms with Gasteiger partial charge in [0, 0.05) is 17.2 Å². The van der Waals surface area contributed by atoms with Crippen molar-refractivity contribution in [3.8, 4) is 0 Å². The second-order valence-electron chi connectivity index (χ2n) is 7.31. The molecule has 0 radical (unpaired) electrons. The fourth-order valence-electron chi connectivity index (χ4n) is 5.50. The monoisotopic (exact) mass is 319 g/mol. The van der Waals surface area contributed by atoms with Gasteiger partial charge in [0.2, 0.25) is 0 Å². The van der Waals surface area contributed by atoms with Crippen LogP contribution in [0.25, 0.3) is 0 Å². The maximum Gasteiger partial charge on any atom is 0.0270 e. The van der Waals surface area contributed by atoms with Crippen LogP contribution in [-0.2, 0) is 6.42 Å². The summed E-state index contributed by atoms with van der Waals surface area (Å²) in [5.41, 5.74) is 2.05. The maximum absolute atomic E-state index is 4.13. The van der Waals surface area contributed by atoms with E-state index in [1.165, 1.54) is 50.5 Å². The minimum atomic E-state index is 0.609. The number of alkyl halides is 1. The third-order valence-electron chi connectivity index (χ3n) is 5.91. The van der Waals surface area contributed by atoms with Gasteiger partial charge in [-0.1, -0.05) is 15.9 Å². The van der Waals surface area contributed by atoms with E-state index in [2.05, 4.69) is 33.0 Å². The first kappa shape index (κ1) is 12.4. The van der Waals surface area contributed by atoms with Crippen LogP contribution in [0.3, 0.4) is 0 Å². The molecule has 102 valence electrons. The fourth-order valence-corrected chi connectivity index (χ4v) is 6.44. The number of pyridine rings is 1. The third-order valence-corrected chi connectivity index (χ3v) is 7.21. The van der Waals surface area contributed by atoms with Crippen molar-refractivity contribution in [2.75, 3.05) is 0 Å². The van der Waals surface area contributed by atoms with Crippen LogP contribution in [0.15, 0.2) is 24.5 Å². The Kier molecular flexibility index (Phi) is 2.98. The standard InChI is InChI=1S/C17H22BrN/c18-16(8-12-1-3-19-4-2-12)17-9-13-5-14(10-17)7-15(6-13)11-17/h1-4,13-16H,5-11H2. The van der Waals surface area contributed by atoms with Crippen LogP contribution >= 0.6 is 15.9 Å². The molecule has 0 aliphatic heterocycles. The first-order valence-corrected chi connectivity index (χ1v) is 8.68. The summed E-state index contributed by atoms with van der Waals surface area (Å²) in [5, 5.41) is 0. The van der Waals surface area contributed by atoms with Crippen LogP contribution in [0, 0.1) is 23.2 Å². The minimum absolute atomic E-state index is 0.609. The molecule has 2 heteroatoms. The zero-order valence-corrected chi connectivity index (χ0v) is 13.0. The zero-order valence-electron chi connectivity index (χ0n) is 11.4. The van der Waals surface area contributed by atoms with Gasteiger partial charge in [-0.3, -0.25) is 4.98 Å².